The van der Waals surface area contributed by atoms with Crippen LogP contribution in [0.4, 0.5) is 0 Å². The number of hydrogen-bond donors (Lipinski definition) is 1. The Morgan fingerprint density at radius 1 is 1.08 bits per heavy atom. The summed E-state index contributed by atoms with van der Waals surface area (Å²) >= 11 is 0. The summed E-state index contributed by atoms with van der Waals surface area (Å²) in [5.74, 6) is 0.0941. The zero-order chi connectivity index (χ0) is 17.6. The van der Waals surface area contributed by atoms with Crippen molar-refractivity contribution in [2.75, 3.05) is 32.7 Å². The number of benzene rings is 1. The molecule has 0 radical (unpaired) electrons. The minimum Gasteiger partial charge on any atom is -0.392 e. The van der Waals surface area contributed by atoms with Gasteiger partial charge in [-0.25, -0.2) is 0 Å². The van der Waals surface area contributed by atoms with Crippen LogP contribution in [0.3, 0.4) is 0 Å². The molecule has 1 fully saturated rings. The van der Waals surface area contributed by atoms with Gasteiger partial charge >= 0.3 is 0 Å². The number of aromatic nitrogens is 1. The molecule has 25 heavy (non-hydrogen) atoms. The molecule has 2 heterocycles. The minimum absolute atomic E-state index is 0.0941. The molecular weight excluding hydrogens is 314 g/mol. The number of aliphatic hydroxyl groups excluding tert-OH is 1. The van der Waals surface area contributed by atoms with Crippen molar-refractivity contribution in [2.45, 2.75) is 26.0 Å². The van der Waals surface area contributed by atoms with Crippen LogP contribution in [0.25, 0.3) is 0 Å². The van der Waals surface area contributed by atoms with E-state index in [4.69, 9.17) is 0 Å². The largest absolute Gasteiger partial charge is 0.392 e. The van der Waals surface area contributed by atoms with E-state index in [0.717, 1.165) is 25.2 Å². The van der Waals surface area contributed by atoms with Crippen molar-refractivity contribution in [1.29, 1.82) is 0 Å². The van der Waals surface area contributed by atoms with Crippen LogP contribution in [0.5, 0.6) is 0 Å². The molecule has 1 aromatic heterocycles. The highest BCUT2D eigenvalue weighted by Crippen LogP contribution is 2.13. The van der Waals surface area contributed by atoms with Crippen LogP contribution in [-0.4, -0.2) is 64.2 Å². The van der Waals surface area contributed by atoms with E-state index in [1.165, 1.54) is 5.56 Å². The van der Waals surface area contributed by atoms with Crippen LogP contribution in [0.15, 0.2) is 48.7 Å². The van der Waals surface area contributed by atoms with Gasteiger partial charge in [0.25, 0.3) is 5.91 Å². The summed E-state index contributed by atoms with van der Waals surface area (Å²) in [6.07, 6.45) is 2.46. The maximum atomic E-state index is 12.9. The molecule has 1 N–H and O–H groups in total. The number of piperazine rings is 1. The van der Waals surface area contributed by atoms with Gasteiger partial charge in [-0.3, -0.25) is 9.69 Å². The number of carbonyl (C=O) groups is 1. The van der Waals surface area contributed by atoms with Crippen molar-refractivity contribution in [3.05, 3.63) is 59.9 Å². The van der Waals surface area contributed by atoms with Crippen LogP contribution in [-0.2, 0) is 6.54 Å². The van der Waals surface area contributed by atoms with Crippen LogP contribution in [0.2, 0.25) is 0 Å². The molecule has 0 bridgehead atoms. The molecule has 1 unspecified atom stereocenters. The molecule has 0 aliphatic carbocycles. The Morgan fingerprint density at radius 2 is 1.80 bits per heavy atom. The van der Waals surface area contributed by atoms with Gasteiger partial charge < -0.3 is 14.6 Å². The number of amides is 1. The van der Waals surface area contributed by atoms with Crippen LogP contribution < -0.4 is 0 Å². The number of β-amino-alcohol motifs (C(OH)–C–C–N with tert-alkyl or cyclic N) is 1. The number of carbonyl (C=O) groups excluding carboxylic acids is 1. The third-order valence-corrected chi connectivity index (χ3v) is 4.84. The monoisotopic (exact) mass is 341 g/mol. The first kappa shape index (κ1) is 17.7. The Balaban J connectivity index is 1.60. The third kappa shape index (κ3) is 4.50. The van der Waals surface area contributed by atoms with E-state index in [1.807, 2.05) is 52.9 Å². The normalized spacial score (nSPS) is 16.8. The molecule has 1 aromatic carbocycles. The maximum absolute atomic E-state index is 12.9. The number of rotatable bonds is 6. The van der Waals surface area contributed by atoms with Gasteiger partial charge in [-0.2, -0.15) is 0 Å². The van der Waals surface area contributed by atoms with Crippen LogP contribution >= 0.6 is 0 Å². The van der Waals surface area contributed by atoms with Gasteiger partial charge in [-0.15, -0.1) is 0 Å². The highest BCUT2D eigenvalue weighted by Gasteiger charge is 2.24. The summed E-state index contributed by atoms with van der Waals surface area (Å²) < 4.78 is 2.02. The molecule has 5 heteroatoms. The summed E-state index contributed by atoms with van der Waals surface area (Å²) in [4.78, 5) is 17.1. The zero-order valence-corrected chi connectivity index (χ0v) is 14.8. The van der Waals surface area contributed by atoms with Gasteiger partial charge in [0.05, 0.1) is 6.10 Å². The lowest BCUT2D eigenvalue weighted by Crippen LogP contribution is -2.50. The molecule has 2 aromatic rings. The van der Waals surface area contributed by atoms with Crippen molar-refractivity contribution in [2.24, 2.45) is 0 Å². The predicted molar refractivity (Wildman–Crippen MR) is 98.6 cm³/mol. The van der Waals surface area contributed by atoms with E-state index in [2.05, 4.69) is 17.0 Å². The Hall–Kier alpha value is -2.11. The first-order valence-electron chi connectivity index (χ1n) is 9.06. The molecule has 1 aliphatic rings. The average Bonchev–Trinajstić information content (AvgIpc) is 3.10. The summed E-state index contributed by atoms with van der Waals surface area (Å²) in [7, 11) is 0. The Labute approximate surface area is 149 Å². The van der Waals surface area contributed by atoms with Gasteiger partial charge in [-0.1, -0.05) is 37.3 Å². The molecule has 0 saturated carbocycles. The van der Waals surface area contributed by atoms with E-state index >= 15 is 0 Å². The molecule has 1 saturated heterocycles. The van der Waals surface area contributed by atoms with E-state index in [-0.39, 0.29) is 12.0 Å². The molecular formula is C20H27N3O2. The van der Waals surface area contributed by atoms with Crippen molar-refractivity contribution in [3.8, 4) is 0 Å². The second-order valence-corrected chi connectivity index (χ2v) is 6.66. The van der Waals surface area contributed by atoms with Gasteiger partial charge in [-0.05, 0) is 24.1 Å². The topological polar surface area (TPSA) is 48.7 Å². The van der Waals surface area contributed by atoms with Crippen molar-refractivity contribution in [3.63, 3.8) is 0 Å². The average molecular weight is 341 g/mol. The first-order valence-corrected chi connectivity index (χ1v) is 9.06. The molecule has 1 amide bonds. The smallest absolute Gasteiger partial charge is 0.270 e. The lowest BCUT2D eigenvalue weighted by atomic mass is 10.2. The number of aliphatic hydroxyl groups is 1. The summed E-state index contributed by atoms with van der Waals surface area (Å²) in [5.41, 5.74) is 1.93. The molecule has 1 aliphatic heterocycles. The van der Waals surface area contributed by atoms with E-state index < -0.39 is 0 Å². The summed E-state index contributed by atoms with van der Waals surface area (Å²) in [5, 5.41) is 9.79. The lowest BCUT2D eigenvalue weighted by Gasteiger charge is -2.35. The Kier molecular flexibility index (Phi) is 5.89. The van der Waals surface area contributed by atoms with E-state index in [1.54, 1.807) is 0 Å². The standard InChI is InChI=1S/C20H27N3O2/c1-2-18(24)16-21-11-13-22(14-12-21)20(25)19-9-6-10-23(19)15-17-7-4-3-5-8-17/h3-10,18,24H,2,11-16H2,1H3. The second-order valence-electron chi connectivity index (χ2n) is 6.66. The van der Waals surface area contributed by atoms with Crippen molar-refractivity contribution < 1.29 is 9.90 Å². The molecule has 1 atom stereocenters. The van der Waals surface area contributed by atoms with Gasteiger partial charge in [0.2, 0.25) is 0 Å². The zero-order valence-electron chi connectivity index (χ0n) is 14.8. The van der Waals surface area contributed by atoms with Gasteiger partial charge in [0.1, 0.15) is 5.69 Å². The Morgan fingerprint density at radius 3 is 2.48 bits per heavy atom. The van der Waals surface area contributed by atoms with E-state index in [9.17, 15) is 9.90 Å². The van der Waals surface area contributed by atoms with E-state index in [0.29, 0.717) is 26.2 Å². The molecule has 3 rings (SSSR count). The molecule has 0 spiro atoms. The highest BCUT2D eigenvalue weighted by molar-refractivity contribution is 5.92. The molecule has 134 valence electrons. The minimum atomic E-state index is -0.273. The van der Waals surface area contributed by atoms with Gasteiger partial charge in [0.15, 0.2) is 0 Å². The fourth-order valence-corrected chi connectivity index (χ4v) is 3.25. The maximum Gasteiger partial charge on any atom is 0.270 e. The fraction of sp³-hybridized carbons (Fsp3) is 0.450. The first-order chi connectivity index (χ1) is 12.2. The predicted octanol–water partition coefficient (Wildman–Crippen LogP) is 2.07. The fourth-order valence-electron chi connectivity index (χ4n) is 3.25. The van der Waals surface area contributed by atoms with Crippen LogP contribution in [0, 0.1) is 0 Å². The SMILES string of the molecule is CCC(O)CN1CCN(C(=O)c2cccn2Cc2ccccc2)CC1. The van der Waals surface area contributed by atoms with Crippen molar-refractivity contribution in [1.82, 2.24) is 14.4 Å². The van der Waals surface area contributed by atoms with Gasteiger partial charge in [0, 0.05) is 45.5 Å². The Bertz CT molecular complexity index is 675. The molecule has 5 nitrogen and oxygen atoms in total. The highest BCUT2D eigenvalue weighted by atomic mass is 16.3. The summed E-state index contributed by atoms with van der Waals surface area (Å²) in [6.45, 7) is 6.47. The summed E-state index contributed by atoms with van der Waals surface area (Å²) in [6, 6.07) is 14.0. The number of hydrogen-bond acceptors (Lipinski definition) is 3. The van der Waals surface area contributed by atoms with Crippen LogP contribution in [0.1, 0.15) is 29.4 Å². The third-order valence-electron chi connectivity index (χ3n) is 4.84. The number of nitrogens with zero attached hydrogens (tertiary/aromatic N) is 3. The van der Waals surface area contributed by atoms with Crippen molar-refractivity contribution >= 4 is 5.91 Å². The quantitative estimate of drug-likeness (QED) is 0.875. The lowest BCUT2D eigenvalue weighted by molar-refractivity contribution is 0.0516. The second kappa shape index (κ2) is 8.32.